The molecule has 0 amide bonds. The van der Waals surface area contributed by atoms with Crippen molar-refractivity contribution in [2.24, 2.45) is 5.92 Å². The van der Waals surface area contributed by atoms with Gasteiger partial charge in [-0.2, -0.15) is 4.68 Å². The second-order valence-electron chi connectivity index (χ2n) is 6.37. The Morgan fingerprint density at radius 2 is 2.00 bits per heavy atom. The topological polar surface area (TPSA) is 71.8 Å². The molecule has 4 rings (SSSR count). The first-order valence-corrected chi connectivity index (χ1v) is 8.56. The zero-order valence-corrected chi connectivity index (χ0v) is 14.2. The minimum absolute atomic E-state index is 0.545. The van der Waals surface area contributed by atoms with Gasteiger partial charge in [-0.05, 0) is 54.0 Å². The lowest BCUT2D eigenvalue weighted by molar-refractivity contribution is 0.619. The van der Waals surface area contributed by atoms with Crippen molar-refractivity contribution in [1.29, 1.82) is 0 Å². The van der Waals surface area contributed by atoms with Crippen LogP contribution in [0.3, 0.4) is 0 Å². The fourth-order valence-corrected chi connectivity index (χ4v) is 3.19. The summed E-state index contributed by atoms with van der Waals surface area (Å²) in [6.45, 7) is 4.80. The first-order chi connectivity index (χ1) is 12.3. The summed E-state index contributed by atoms with van der Waals surface area (Å²) in [4.78, 5) is 6.75. The molecule has 7 heteroatoms. The van der Waals surface area contributed by atoms with E-state index in [-0.39, 0.29) is 0 Å². The van der Waals surface area contributed by atoms with Crippen LogP contribution >= 0.6 is 0 Å². The lowest BCUT2D eigenvalue weighted by atomic mass is 10.1. The van der Waals surface area contributed by atoms with E-state index in [1.165, 1.54) is 0 Å². The van der Waals surface area contributed by atoms with E-state index in [4.69, 9.17) is 0 Å². The van der Waals surface area contributed by atoms with E-state index >= 15 is 0 Å². The Balaban J connectivity index is 1.41. The van der Waals surface area contributed by atoms with Crippen LogP contribution in [0.5, 0.6) is 0 Å². The van der Waals surface area contributed by atoms with Crippen LogP contribution in [0.25, 0.3) is 5.69 Å². The number of benzene rings is 1. The Hall–Kier alpha value is -2.96. The maximum Gasteiger partial charge on any atom is 0.250 e. The van der Waals surface area contributed by atoms with Gasteiger partial charge in [0.2, 0.25) is 5.95 Å². The van der Waals surface area contributed by atoms with Gasteiger partial charge in [-0.3, -0.25) is 0 Å². The van der Waals surface area contributed by atoms with Crippen LogP contribution in [-0.4, -0.2) is 44.8 Å². The summed E-state index contributed by atoms with van der Waals surface area (Å²) in [7, 11) is 0. The summed E-state index contributed by atoms with van der Waals surface area (Å²) in [5, 5.41) is 15.7. The molecular weight excluding hydrogens is 314 g/mol. The van der Waals surface area contributed by atoms with Crippen LogP contribution < -0.4 is 10.2 Å². The minimum atomic E-state index is 0.545. The number of nitrogens with zero attached hydrogens (tertiary/aromatic N) is 6. The van der Waals surface area contributed by atoms with Crippen LogP contribution in [0.1, 0.15) is 12.1 Å². The van der Waals surface area contributed by atoms with Gasteiger partial charge in [-0.25, -0.2) is 4.98 Å². The summed E-state index contributed by atoms with van der Waals surface area (Å²) in [6.07, 6.45) is 1.11. The van der Waals surface area contributed by atoms with Crippen molar-refractivity contribution in [3.05, 3.63) is 54.2 Å². The van der Waals surface area contributed by atoms with Crippen molar-refractivity contribution in [2.75, 3.05) is 29.9 Å². The number of nitrogens with one attached hydrogen (secondary N) is 1. The van der Waals surface area contributed by atoms with Crippen molar-refractivity contribution < 1.29 is 0 Å². The zero-order valence-electron chi connectivity index (χ0n) is 14.2. The van der Waals surface area contributed by atoms with Crippen LogP contribution in [0, 0.1) is 12.8 Å². The highest BCUT2D eigenvalue weighted by molar-refractivity contribution is 5.41. The number of aryl methyl sites for hydroxylation is 1. The number of aromatic nitrogens is 5. The smallest absolute Gasteiger partial charge is 0.250 e. The van der Waals surface area contributed by atoms with Crippen LogP contribution in [0.15, 0.2) is 48.5 Å². The van der Waals surface area contributed by atoms with Gasteiger partial charge in [0.1, 0.15) is 5.82 Å². The number of tetrazole rings is 1. The highest BCUT2D eigenvalue weighted by atomic mass is 15.6. The molecular formula is C18H21N7. The number of rotatable bonds is 5. The maximum absolute atomic E-state index is 4.50. The van der Waals surface area contributed by atoms with Gasteiger partial charge in [0, 0.05) is 25.3 Å². The Bertz CT molecular complexity index is 830. The molecule has 1 aromatic carbocycles. The van der Waals surface area contributed by atoms with Crippen molar-refractivity contribution in [3.8, 4) is 5.69 Å². The average molecular weight is 335 g/mol. The number of hydrogen-bond acceptors (Lipinski definition) is 6. The standard InChI is InChI=1S/C18H21N7/c1-14-6-5-9-17(20-14)19-12-15-10-11-24(13-15)18-21-22-23-25(18)16-7-3-2-4-8-16/h2-9,15H,10-13H2,1H3,(H,19,20)/t15-/m0/s1. The molecule has 0 radical (unpaired) electrons. The molecule has 1 N–H and O–H groups in total. The first kappa shape index (κ1) is 15.6. The molecule has 1 fully saturated rings. The molecule has 128 valence electrons. The lowest BCUT2D eigenvalue weighted by Gasteiger charge is -2.17. The van der Waals surface area contributed by atoms with E-state index in [9.17, 15) is 0 Å². The average Bonchev–Trinajstić information content (AvgIpc) is 3.30. The third-order valence-corrected chi connectivity index (χ3v) is 4.48. The van der Waals surface area contributed by atoms with Crippen molar-refractivity contribution >= 4 is 11.8 Å². The van der Waals surface area contributed by atoms with E-state index in [1.54, 1.807) is 4.68 Å². The molecule has 3 heterocycles. The Morgan fingerprint density at radius 1 is 1.12 bits per heavy atom. The predicted octanol–water partition coefficient (Wildman–Crippen LogP) is 2.30. The van der Waals surface area contributed by atoms with Crippen LogP contribution in [0.4, 0.5) is 11.8 Å². The van der Waals surface area contributed by atoms with E-state index in [0.29, 0.717) is 5.92 Å². The summed E-state index contributed by atoms with van der Waals surface area (Å²) in [5.74, 6) is 2.29. The normalized spacial score (nSPS) is 17.0. The van der Waals surface area contributed by atoms with Gasteiger partial charge >= 0.3 is 0 Å². The fraction of sp³-hybridized carbons (Fsp3) is 0.333. The highest BCUT2D eigenvalue weighted by Gasteiger charge is 2.26. The monoisotopic (exact) mass is 335 g/mol. The molecule has 0 bridgehead atoms. The summed E-state index contributed by atoms with van der Waals surface area (Å²) < 4.78 is 1.80. The number of para-hydroxylation sites is 1. The Morgan fingerprint density at radius 3 is 2.84 bits per heavy atom. The van der Waals surface area contributed by atoms with Gasteiger partial charge in [0.05, 0.1) is 5.69 Å². The molecule has 25 heavy (non-hydrogen) atoms. The van der Waals surface area contributed by atoms with E-state index in [0.717, 1.165) is 49.2 Å². The second kappa shape index (κ2) is 6.88. The predicted molar refractivity (Wildman–Crippen MR) is 96.9 cm³/mol. The van der Waals surface area contributed by atoms with E-state index in [2.05, 4.69) is 30.7 Å². The summed E-state index contributed by atoms with van der Waals surface area (Å²) >= 11 is 0. The molecule has 1 saturated heterocycles. The van der Waals surface area contributed by atoms with Crippen molar-refractivity contribution in [2.45, 2.75) is 13.3 Å². The first-order valence-electron chi connectivity index (χ1n) is 8.56. The summed E-state index contributed by atoms with van der Waals surface area (Å²) in [5.41, 5.74) is 2.01. The maximum atomic E-state index is 4.50. The Labute approximate surface area is 146 Å². The molecule has 0 spiro atoms. The third kappa shape index (κ3) is 3.45. The van der Waals surface area contributed by atoms with E-state index in [1.807, 2.05) is 55.5 Å². The molecule has 3 aromatic rings. The van der Waals surface area contributed by atoms with Crippen LogP contribution in [-0.2, 0) is 0 Å². The highest BCUT2D eigenvalue weighted by Crippen LogP contribution is 2.23. The molecule has 1 aliphatic heterocycles. The summed E-state index contributed by atoms with van der Waals surface area (Å²) in [6, 6.07) is 16.0. The van der Waals surface area contributed by atoms with E-state index < -0.39 is 0 Å². The van der Waals surface area contributed by atoms with Gasteiger partial charge in [-0.15, -0.1) is 0 Å². The third-order valence-electron chi connectivity index (χ3n) is 4.48. The lowest BCUT2D eigenvalue weighted by Crippen LogP contribution is -2.25. The molecule has 0 saturated carbocycles. The minimum Gasteiger partial charge on any atom is -0.370 e. The molecule has 7 nitrogen and oxygen atoms in total. The number of pyridine rings is 1. The molecule has 0 aliphatic carbocycles. The SMILES string of the molecule is Cc1cccc(NC[C@@H]2CCN(c3nnnn3-c3ccccc3)C2)n1. The van der Waals surface area contributed by atoms with Gasteiger partial charge in [0.25, 0.3) is 0 Å². The number of hydrogen-bond donors (Lipinski definition) is 1. The molecule has 2 aromatic heterocycles. The van der Waals surface area contributed by atoms with Crippen molar-refractivity contribution in [3.63, 3.8) is 0 Å². The van der Waals surface area contributed by atoms with Gasteiger partial charge in [0.15, 0.2) is 0 Å². The zero-order chi connectivity index (χ0) is 17.1. The molecule has 0 unspecified atom stereocenters. The second-order valence-corrected chi connectivity index (χ2v) is 6.37. The fourth-order valence-electron chi connectivity index (χ4n) is 3.19. The quantitative estimate of drug-likeness (QED) is 0.771. The largest absolute Gasteiger partial charge is 0.370 e. The number of anilines is 2. The van der Waals surface area contributed by atoms with Gasteiger partial charge in [-0.1, -0.05) is 29.4 Å². The van der Waals surface area contributed by atoms with Gasteiger partial charge < -0.3 is 10.2 Å². The Kier molecular flexibility index (Phi) is 4.28. The van der Waals surface area contributed by atoms with Crippen molar-refractivity contribution in [1.82, 2.24) is 25.2 Å². The molecule has 1 atom stereocenters. The van der Waals surface area contributed by atoms with Crippen LogP contribution in [0.2, 0.25) is 0 Å². The molecule has 1 aliphatic rings.